The Morgan fingerprint density at radius 2 is 2.00 bits per heavy atom. The number of nitrogens with one attached hydrogen (secondary N) is 2. The van der Waals surface area contributed by atoms with E-state index in [1.165, 1.54) is 12.1 Å². The van der Waals surface area contributed by atoms with Crippen molar-refractivity contribution in [1.82, 2.24) is 15.0 Å². The van der Waals surface area contributed by atoms with E-state index in [0.29, 0.717) is 10.7 Å². The molecule has 0 aromatic carbocycles. The van der Waals surface area contributed by atoms with E-state index in [1.807, 2.05) is 0 Å². The summed E-state index contributed by atoms with van der Waals surface area (Å²) in [6, 6.07) is 5.87. The summed E-state index contributed by atoms with van der Waals surface area (Å²) in [6.07, 6.45) is 1.56. The number of aromatic nitrogens is 1. The van der Waals surface area contributed by atoms with Crippen molar-refractivity contribution in [3.8, 4) is 0 Å². The molecule has 0 saturated heterocycles. The molecule has 0 aliphatic heterocycles. The summed E-state index contributed by atoms with van der Waals surface area (Å²) in [4.78, 5) is 16.1. The summed E-state index contributed by atoms with van der Waals surface area (Å²) in [6.45, 7) is 5.22. The molecule has 0 aliphatic carbocycles. The molecule has 2 aromatic heterocycles. The number of rotatable bonds is 5. The van der Waals surface area contributed by atoms with Crippen LogP contribution in [-0.4, -0.2) is 24.8 Å². The normalized spacial score (nSPS) is 12.2. The molecule has 2 aromatic rings. The van der Waals surface area contributed by atoms with Crippen molar-refractivity contribution in [3.63, 3.8) is 0 Å². The van der Waals surface area contributed by atoms with Crippen LogP contribution in [0.15, 0.2) is 40.0 Å². The molecule has 0 radical (unpaired) electrons. The molecule has 9 heteroatoms. The zero-order valence-electron chi connectivity index (χ0n) is 13.5. The zero-order valence-corrected chi connectivity index (χ0v) is 15.0. The molecule has 0 bridgehead atoms. The Kier molecular flexibility index (Phi) is 5.32. The Morgan fingerprint density at radius 1 is 1.29 bits per heavy atom. The van der Waals surface area contributed by atoms with Crippen molar-refractivity contribution in [2.75, 3.05) is 0 Å². The maximum atomic E-state index is 12.1. The van der Waals surface area contributed by atoms with Crippen LogP contribution in [-0.2, 0) is 16.6 Å². The third kappa shape index (κ3) is 4.80. The molecule has 0 saturated carbocycles. The lowest BCUT2D eigenvalue weighted by Crippen LogP contribution is -2.40. The number of nitrogens with zero attached hydrogens (tertiary/aromatic N) is 1. The minimum absolute atomic E-state index is 0.0987. The van der Waals surface area contributed by atoms with Crippen LogP contribution >= 0.6 is 11.6 Å². The lowest BCUT2D eigenvalue weighted by molar-refractivity contribution is 0.0917. The molecule has 130 valence electrons. The summed E-state index contributed by atoms with van der Waals surface area (Å²) in [7, 11) is -3.83. The zero-order chi connectivity index (χ0) is 18.0. The van der Waals surface area contributed by atoms with Gasteiger partial charge >= 0.3 is 0 Å². The van der Waals surface area contributed by atoms with E-state index in [-0.39, 0.29) is 17.4 Å². The lowest BCUT2D eigenvalue weighted by atomic mass is 10.1. The second-order valence-electron chi connectivity index (χ2n) is 6.09. The van der Waals surface area contributed by atoms with Gasteiger partial charge in [0.25, 0.3) is 15.9 Å². The highest BCUT2D eigenvalue weighted by Gasteiger charge is 2.26. The highest BCUT2D eigenvalue weighted by molar-refractivity contribution is 7.89. The predicted molar refractivity (Wildman–Crippen MR) is 89.2 cm³/mol. The standard InChI is InChI=1S/C15H18ClN3O4S/c1-15(2,3)19-24(21,22)13-7-6-12(23-13)14(20)18-9-11-10(16)5-4-8-17-11/h4-8,19H,9H2,1-3H3,(H,18,20). The number of hydrogen-bond acceptors (Lipinski definition) is 5. The van der Waals surface area contributed by atoms with E-state index in [1.54, 1.807) is 39.1 Å². The first-order chi connectivity index (χ1) is 11.1. The van der Waals surface area contributed by atoms with Gasteiger partial charge in [-0.3, -0.25) is 9.78 Å². The van der Waals surface area contributed by atoms with Gasteiger partial charge in [-0.15, -0.1) is 0 Å². The van der Waals surface area contributed by atoms with E-state index >= 15 is 0 Å². The monoisotopic (exact) mass is 371 g/mol. The van der Waals surface area contributed by atoms with Gasteiger partial charge < -0.3 is 9.73 Å². The molecule has 2 heterocycles. The van der Waals surface area contributed by atoms with Crippen LogP contribution in [0.5, 0.6) is 0 Å². The summed E-state index contributed by atoms with van der Waals surface area (Å²) in [5.41, 5.74) is -0.162. The number of furan rings is 1. The van der Waals surface area contributed by atoms with Crippen LogP contribution in [0.3, 0.4) is 0 Å². The van der Waals surface area contributed by atoms with Crippen molar-refractivity contribution >= 4 is 27.5 Å². The molecular formula is C15H18ClN3O4S. The predicted octanol–water partition coefficient (Wildman–Crippen LogP) is 2.33. The molecule has 0 unspecified atom stereocenters. The lowest BCUT2D eigenvalue weighted by Gasteiger charge is -2.18. The van der Waals surface area contributed by atoms with Gasteiger partial charge in [-0.05, 0) is 45.0 Å². The van der Waals surface area contributed by atoms with Crippen molar-refractivity contribution < 1.29 is 17.6 Å². The molecule has 1 amide bonds. The maximum Gasteiger partial charge on any atom is 0.287 e. The Hall–Kier alpha value is -1.90. The van der Waals surface area contributed by atoms with Crippen LogP contribution in [0, 0.1) is 0 Å². The molecule has 0 spiro atoms. The number of hydrogen-bond donors (Lipinski definition) is 2. The largest absolute Gasteiger partial charge is 0.438 e. The van der Waals surface area contributed by atoms with Gasteiger partial charge in [0, 0.05) is 11.7 Å². The molecule has 0 fully saturated rings. The molecule has 0 aliphatic rings. The van der Waals surface area contributed by atoms with Crippen molar-refractivity contribution in [1.29, 1.82) is 0 Å². The van der Waals surface area contributed by atoms with Gasteiger partial charge in [0.1, 0.15) is 0 Å². The SMILES string of the molecule is CC(C)(C)NS(=O)(=O)c1ccc(C(=O)NCc2ncccc2Cl)o1. The average Bonchev–Trinajstić information content (AvgIpc) is 2.94. The molecule has 7 nitrogen and oxygen atoms in total. The Labute approximate surface area is 145 Å². The summed E-state index contributed by atoms with van der Waals surface area (Å²) < 4.78 is 31.9. The smallest absolute Gasteiger partial charge is 0.287 e. The third-order valence-electron chi connectivity index (χ3n) is 2.76. The highest BCUT2D eigenvalue weighted by Crippen LogP contribution is 2.17. The fourth-order valence-electron chi connectivity index (χ4n) is 1.84. The van der Waals surface area contributed by atoms with Crippen LogP contribution in [0.1, 0.15) is 37.0 Å². The number of pyridine rings is 1. The van der Waals surface area contributed by atoms with E-state index in [0.717, 1.165) is 0 Å². The van der Waals surface area contributed by atoms with Gasteiger partial charge in [-0.1, -0.05) is 11.6 Å². The summed E-state index contributed by atoms with van der Waals surface area (Å²) >= 11 is 5.95. The van der Waals surface area contributed by atoms with Gasteiger partial charge in [0.2, 0.25) is 5.09 Å². The van der Waals surface area contributed by atoms with Crippen LogP contribution in [0.4, 0.5) is 0 Å². The van der Waals surface area contributed by atoms with Crippen LogP contribution in [0.25, 0.3) is 0 Å². The topological polar surface area (TPSA) is 101 Å². The number of amides is 1. The first-order valence-corrected chi connectivity index (χ1v) is 8.96. The Balaban J connectivity index is 2.07. The number of carbonyl (C=O) groups is 1. The molecular weight excluding hydrogens is 354 g/mol. The minimum Gasteiger partial charge on any atom is -0.438 e. The number of carbonyl (C=O) groups excluding carboxylic acids is 1. The Bertz CT molecular complexity index is 840. The van der Waals surface area contributed by atoms with E-state index < -0.39 is 21.5 Å². The van der Waals surface area contributed by atoms with E-state index in [9.17, 15) is 13.2 Å². The quantitative estimate of drug-likeness (QED) is 0.839. The van der Waals surface area contributed by atoms with Gasteiger partial charge in [0.05, 0.1) is 17.3 Å². The molecule has 2 rings (SSSR count). The fraction of sp³-hybridized carbons (Fsp3) is 0.333. The van der Waals surface area contributed by atoms with Crippen molar-refractivity contribution in [2.24, 2.45) is 0 Å². The molecule has 0 atom stereocenters. The summed E-state index contributed by atoms with van der Waals surface area (Å²) in [5.74, 6) is -0.676. The van der Waals surface area contributed by atoms with Crippen LogP contribution < -0.4 is 10.0 Å². The minimum atomic E-state index is -3.83. The third-order valence-corrected chi connectivity index (χ3v) is 4.74. The highest BCUT2D eigenvalue weighted by atomic mass is 35.5. The average molecular weight is 372 g/mol. The Morgan fingerprint density at radius 3 is 2.62 bits per heavy atom. The second kappa shape index (κ2) is 6.92. The fourth-order valence-corrected chi connectivity index (χ4v) is 3.38. The van der Waals surface area contributed by atoms with Gasteiger partial charge in [0.15, 0.2) is 5.76 Å². The van der Waals surface area contributed by atoms with Gasteiger partial charge in [-0.25, -0.2) is 13.1 Å². The number of halogens is 1. The molecule has 2 N–H and O–H groups in total. The van der Waals surface area contributed by atoms with E-state index in [4.69, 9.17) is 16.0 Å². The second-order valence-corrected chi connectivity index (χ2v) is 8.11. The maximum absolute atomic E-state index is 12.1. The first-order valence-electron chi connectivity index (χ1n) is 7.10. The van der Waals surface area contributed by atoms with E-state index in [2.05, 4.69) is 15.0 Å². The van der Waals surface area contributed by atoms with Crippen molar-refractivity contribution in [3.05, 3.63) is 46.9 Å². The van der Waals surface area contributed by atoms with Gasteiger partial charge in [-0.2, -0.15) is 0 Å². The van der Waals surface area contributed by atoms with Crippen molar-refractivity contribution in [2.45, 2.75) is 37.9 Å². The number of sulfonamides is 1. The van der Waals surface area contributed by atoms with Crippen LogP contribution in [0.2, 0.25) is 5.02 Å². The summed E-state index contributed by atoms with van der Waals surface area (Å²) in [5, 5.41) is 2.68. The first kappa shape index (κ1) is 18.4. The molecule has 24 heavy (non-hydrogen) atoms.